The van der Waals surface area contributed by atoms with Gasteiger partial charge in [0.25, 0.3) is 0 Å². The molecule has 34 heavy (non-hydrogen) atoms. The highest BCUT2D eigenvalue weighted by atomic mass is 16.5. The zero-order valence-corrected chi connectivity index (χ0v) is 19.6. The summed E-state index contributed by atoms with van der Waals surface area (Å²) in [6.45, 7) is 7.02. The summed E-state index contributed by atoms with van der Waals surface area (Å²) in [6.07, 6.45) is 3.43. The molecular formula is C27H31N5O2. The molecule has 0 bridgehead atoms. The number of piperidine rings is 1. The second-order valence-electron chi connectivity index (χ2n) is 9.00. The number of nitrogens with zero attached hydrogens (tertiary/aromatic N) is 4. The molecule has 0 saturated carbocycles. The average Bonchev–Trinajstić information content (AvgIpc) is 2.90. The topological polar surface area (TPSA) is 70.6 Å². The fraction of sp³-hybridized carbons (Fsp3) is 0.370. The predicted octanol–water partition coefficient (Wildman–Crippen LogP) is 4.14. The molecule has 1 N–H and O–H groups in total. The molecule has 0 aliphatic carbocycles. The van der Waals surface area contributed by atoms with Gasteiger partial charge in [0, 0.05) is 55.2 Å². The first kappa shape index (κ1) is 22.3. The number of carbonyl (C=O) groups excluding carboxylic acids is 1. The van der Waals surface area contributed by atoms with Crippen LogP contribution in [0, 0.1) is 12.8 Å². The Labute approximate surface area is 200 Å². The van der Waals surface area contributed by atoms with Gasteiger partial charge in [-0.15, -0.1) is 0 Å². The van der Waals surface area contributed by atoms with E-state index >= 15 is 0 Å². The minimum Gasteiger partial charge on any atom is -0.378 e. The van der Waals surface area contributed by atoms with Crippen molar-refractivity contribution in [2.75, 3.05) is 54.5 Å². The summed E-state index contributed by atoms with van der Waals surface area (Å²) in [6, 6.07) is 18.3. The van der Waals surface area contributed by atoms with Crippen LogP contribution in [0.1, 0.15) is 18.4 Å². The van der Waals surface area contributed by atoms with E-state index in [0.717, 1.165) is 75.1 Å². The summed E-state index contributed by atoms with van der Waals surface area (Å²) < 4.78 is 5.42. The molecule has 176 valence electrons. The summed E-state index contributed by atoms with van der Waals surface area (Å²) in [7, 11) is 0. The lowest BCUT2D eigenvalue weighted by Gasteiger charge is -2.32. The van der Waals surface area contributed by atoms with Gasteiger partial charge in [-0.2, -0.15) is 0 Å². The van der Waals surface area contributed by atoms with Gasteiger partial charge < -0.3 is 19.9 Å². The molecule has 0 radical (unpaired) electrons. The van der Waals surface area contributed by atoms with Crippen molar-refractivity contribution in [1.29, 1.82) is 0 Å². The van der Waals surface area contributed by atoms with Gasteiger partial charge in [0.1, 0.15) is 5.82 Å². The number of hydrogen-bond donors (Lipinski definition) is 1. The van der Waals surface area contributed by atoms with E-state index in [-0.39, 0.29) is 11.8 Å². The lowest BCUT2D eigenvalue weighted by molar-refractivity contribution is -0.120. The molecular weight excluding hydrogens is 426 g/mol. The zero-order valence-electron chi connectivity index (χ0n) is 19.6. The average molecular weight is 458 g/mol. The highest BCUT2D eigenvalue weighted by molar-refractivity contribution is 5.92. The number of rotatable bonds is 5. The van der Waals surface area contributed by atoms with E-state index < -0.39 is 0 Å². The number of amides is 1. The van der Waals surface area contributed by atoms with Gasteiger partial charge in [0.2, 0.25) is 5.91 Å². The third kappa shape index (κ3) is 5.20. The number of ether oxygens (including phenoxy) is 1. The largest absolute Gasteiger partial charge is 0.378 e. The monoisotopic (exact) mass is 457 g/mol. The third-order valence-corrected chi connectivity index (χ3v) is 6.65. The van der Waals surface area contributed by atoms with Crippen molar-refractivity contribution in [2.24, 2.45) is 5.92 Å². The molecule has 0 spiro atoms. The van der Waals surface area contributed by atoms with Crippen LogP contribution in [0.5, 0.6) is 0 Å². The van der Waals surface area contributed by atoms with Crippen LogP contribution in [0.25, 0.3) is 11.4 Å². The molecule has 2 fully saturated rings. The summed E-state index contributed by atoms with van der Waals surface area (Å²) in [4.78, 5) is 26.7. The fourth-order valence-electron chi connectivity index (χ4n) is 4.56. The second kappa shape index (κ2) is 10.2. The minimum atomic E-state index is 0.00794. The molecule has 1 amide bonds. The number of aryl methyl sites for hydroxylation is 1. The molecule has 2 saturated heterocycles. The van der Waals surface area contributed by atoms with Crippen LogP contribution in [-0.2, 0) is 9.53 Å². The maximum Gasteiger partial charge on any atom is 0.227 e. The first-order valence-electron chi connectivity index (χ1n) is 12.0. The van der Waals surface area contributed by atoms with E-state index in [1.807, 2.05) is 24.4 Å². The lowest BCUT2D eigenvalue weighted by atomic mass is 9.95. The zero-order chi connectivity index (χ0) is 23.3. The molecule has 7 nitrogen and oxygen atoms in total. The summed E-state index contributed by atoms with van der Waals surface area (Å²) in [5.74, 6) is 1.76. The first-order valence-corrected chi connectivity index (χ1v) is 12.0. The van der Waals surface area contributed by atoms with E-state index in [0.29, 0.717) is 0 Å². The molecule has 7 heteroatoms. The maximum absolute atomic E-state index is 12.9. The number of morpholine rings is 1. The highest BCUT2D eigenvalue weighted by Crippen LogP contribution is 2.26. The van der Waals surface area contributed by atoms with E-state index in [1.165, 1.54) is 11.3 Å². The number of aromatic nitrogens is 2. The Hall–Kier alpha value is -3.45. The van der Waals surface area contributed by atoms with Crippen molar-refractivity contribution in [3.8, 4) is 11.4 Å². The van der Waals surface area contributed by atoms with Crippen LogP contribution in [0.2, 0.25) is 0 Å². The molecule has 2 aliphatic heterocycles. The minimum absolute atomic E-state index is 0.00794. The van der Waals surface area contributed by atoms with Gasteiger partial charge in [-0.1, -0.05) is 29.8 Å². The van der Waals surface area contributed by atoms with Crippen molar-refractivity contribution in [1.82, 2.24) is 9.97 Å². The van der Waals surface area contributed by atoms with Crippen molar-refractivity contribution in [3.63, 3.8) is 0 Å². The number of hydrogen-bond acceptors (Lipinski definition) is 6. The SMILES string of the molecule is Cc1ccc(-c2nccc(N3CCC(C(=O)Nc4ccc(N5CCOCC5)cc4)CC3)n2)cc1. The molecule has 2 aliphatic rings. The Kier molecular flexibility index (Phi) is 6.72. The Bertz CT molecular complexity index is 1100. The third-order valence-electron chi connectivity index (χ3n) is 6.65. The van der Waals surface area contributed by atoms with Crippen molar-refractivity contribution in [3.05, 3.63) is 66.4 Å². The van der Waals surface area contributed by atoms with Gasteiger partial charge in [-0.3, -0.25) is 4.79 Å². The van der Waals surface area contributed by atoms with Gasteiger partial charge in [0.15, 0.2) is 5.82 Å². The Morgan fingerprint density at radius 3 is 2.32 bits per heavy atom. The molecule has 5 rings (SSSR count). The molecule has 0 atom stereocenters. The molecule has 0 unspecified atom stereocenters. The standard InChI is InChI=1S/C27H31N5O2/c1-20-2-4-21(5-3-20)26-28-13-10-25(30-26)32-14-11-22(12-15-32)27(33)29-23-6-8-24(9-7-23)31-16-18-34-19-17-31/h2-10,13,22H,11-12,14-19H2,1H3,(H,29,33). The number of anilines is 3. The van der Waals surface area contributed by atoms with Crippen LogP contribution in [0.4, 0.5) is 17.2 Å². The van der Waals surface area contributed by atoms with Gasteiger partial charge in [0.05, 0.1) is 13.2 Å². The predicted molar refractivity (Wildman–Crippen MR) is 135 cm³/mol. The van der Waals surface area contributed by atoms with E-state index in [1.54, 1.807) is 0 Å². The van der Waals surface area contributed by atoms with Crippen LogP contribution in [0.15, 0.2) is 60.8 Å². The highest BCUT2D eigenvalue weighted by Gasteiger charge is 2.26. The molecule has 1 aromatic heterocycles. The van der Waals surface area contributed by atoms with Crippen molar-refractivity contribution in [2.45, 2.75) is 19.8 Å². The summed E-state index contributed by atoms with van der Waals surface area (Å²) >= 11 is 0. The normalized spacial score (nSPS) is 17.0. The van der Waals surface area contributed by atoms with Crippen molar-refractivity contribution < 1.29 is 9.53 Å². The molecule has 2 aromatic carbocycles. The molecule has 3 aromatic rings. The van der Waals surface area contributed by atoms with Gasteiger partial charge in [-0.05, 0) is 50.1 Å². The quantitative estimate of drug-likeness (QED) is 0.621. The summed E-state index contributed by atoms with van der Waals surface area (Å²) in [5.41, 5.74) is 4.25. The summed E-state index contributed by atoms with van der Waals surface area (Å²) in [5, 5.41) is 3.11. The van der Waals surface area contributed by atoms with Crippen LogP contribution in [0.3, 0.4) is 0 Å². The Morgan fingerprint density at radius 1 is 0.912 bits per heavy atom. The van der Waals surface area contributed by atoms with Gasteiger partial charge >= 0.3 is 0 Å². The second-order valence-corrected chi connectivity index (χ2v) is 9.00. The fourth-order valence-corrected chi connectivity index (χ4v) is 4.56. The number of benzene rings is 2. The van der Waals surface area contributed by atoms with Crippen LogP contribution in [-0.4, -0.2) is 55.3 Å². The van der Waals surface area contributed by atoms with E-state index in [2.05, 4.69) is 63.4 Å². The number of nitrogens with one attached hydrogen (secondary N) is 1. The Balaban J connectivity index is 1.16. The van der Waals surface area contributed by atoms with Crippen LogP contribution < -0.4 is 15.1 Å². The molecule has 3 heterocycles. The lowest BCUT2D eigenvalue weighted by Crippen LogP contribution is -2.38. The Morgan fingerprint density at radius 2 is 1.62 bits per heavy atom. The van der Waals surface area contributed by atoms with Crippen LogP contribution >= 0.6 is 0 Å². The first-order chi connectivity index (χ1) is 16.7. The van der Waals surface area contributed by atoms with Gasteiger partial charge in [-0.25, -0.2) is 9.97 Å². The van der Waals surface area contributed by atoms with Crippen molar-refractivity contribution >= 4 is 23.1 Å². The number of carbonyl (C=O) groups is 1. The van der Waals surface area contributed by atoms with E-state index in [9.17, 15) is 4.79 Å². The van der Waals surface area contributed by atoms with E-state index in [4.69, 9.17) is 9.72 Å². The smallest absolute Gasteiger partial charge is 0.227 e. The maximum atomic E-state index is 12.9.